The summed E-state index contributed by atoms with van der Waals surface area (Å²) in [7, 11) is -4.37. The van der Waals surface area contributed by atoms with E-state index in [-0.39, 0.29) is 29.4 Å². The van der Waals surface area contributed by atoms with Gasteiger partial charge in [0.1, 0.15) is 35.4 Å². The Morgan fingerprint density at radius 3 is 2.71 bits per heavy atom. The predicted octanol–water partition coefficient (Wildman–Crippen LogP) is 2.96. The first kappa shape index (κ1) is 26.9. The molecule has 2 aliphatic rings. The molecular weight excluding hydrogens is 527 g/mol. The van der Waals surface area contributed by atoms with E-state index in [9.17, 15) is 23.6 Å². The molecule has 0 aliphatic carbocycles. The maximum absolute atomic E-state index is 14.5. The van der Waals surface area contributed by atoms with E-state index >= 15 is 0 Å². The number of nitrogens with zero attached hydrogens (tertiary/aromatic N) is 3. The van der Waals surface area contributed by atoms with Crippen molar-refractivity contribution in [1.29, 1.82) is 0 Å². The highest BCUT2D eigenvalue weighted by Crippen LogP contribution is 2.62. The number of nitrogen functional groups attached to an aromatic ring is 2. The second-order valence-corrected chi connectivity index (χ2v) is 11.7. The van der Waals surface area contributed by atoms with Crippen LogP contribution in [0.1, 0.15) is 45.1 Å². The molecule has 1 aromatic carbocycles. The summed E-state index contributed by atoms with van der Waals surface area (Å²) >= 11 is 0. The topological polar surface area (TPSA) is 177 Å². The van der Waals surface area contributed by atoms with Crippen molar-refractivity contribution in [3.8, 4) is 0 Å². The molecule has 3 aromatic rings. The summed E-state index contributed by atoms with van der Waals surface area (Å²) in [4.78, 5) is 8.06. The van der Waals surface area contributed by atoms with Gasteiger partial charge < -0.3 is 31.0 Å². The SMILES string of the molecule is CC1(C)CC(c2cccc(F)c2F)OP(=O)(OC[C@H]2O[C@@H](n3ccc4c(N)nc(N)nc43)[C@](C)(O)[C@@H]2O)O1. The minimum absolute atomic E-state index is 0.0644. The highest BCUT2D eigenvalue weighted by molar-refractivity contribution is 7.48. The van der Waals surface area contributed by atoms with Crippen molar-refractivity contribution in [2.24, 2.45) is 0 Å². The Labute approximate surface area is 216 Å². The van der Waals surface area contributed by atoms with Crippen LogP contribution in [0.3, 0.4) is 0 Å². The van der Waals surface area contributed by atoms with E-state index < -0.39 is 61.8 Å². The molecular formula is C23H28F2N5O7P. The largest absolute Gasteiger partial charge is 0.476 e. The second-order valence-electron chi connectivity index (χ2n) is 10.2. The van der Waals surface area contributed by atoms with Crippen LogP contribution >= 0.6 is 7.82 Å². The Morgan fingerprint density at radius 1 is 1.24 bits per heavy atom. The number of phosphoric ester groups is 1. The summed E-state index contributed by atoms with van der Waals surface area (Å²) in [6.45, 7) is 4.03. The lowest BCUT2D eigenvalue weighted by Gasteiger charge is -2.39. The first-order valence-corrected chi connectivity index (χ1v) is 13.2. The highest BCUT2D eigenvalue weighted by Gasteiger charge is 2.55. The molecule has 38 heavy (non-hydrogen) atoms. The molecule has 12 nitrogen and oxygen atoms in total. The second kappa shape index (κ2) is 9.19. The third-order valence-electron chi connectivity index (χ3n) is 6.64. The first-order chi connectivity index (χ1) is 17.7. The van der Waals surface area contributed by atoms with Crippen molar-refractivity contribution in [1.82, 2.24) is 14.5 Å². The van der Waals surface area contributed by atoms with E-state index in [1.54, 1.807) is 26.1 Å². The van der Waals surface area contributed by atoms with Gasteiger partial charge in [0.25, 0.3) is 0 Å². The fraction of sp³-hybridized carbons (Fsp3) is 0.478. The molecule has 0 bridgehead atoms. The molecule has 15 heteroatoms. The molecule has 6 atom stereocenters. The monoisotopic (exact) mass is 555 g/mol. The zero-order valence-electron chi connectivity index (χ0n) is 20.7. The summed E-state index contributed by atoms with van der Waals surface area (Å²) in [5.74, 6) is -2.17. The van der Waals surface area contributed by atoms with E-state index in [0.717, 1.165) is 6.07 Å². The Hall–Kier alpha value is -2.71. The quantitative estimate of drug-likeness (QED) is 0.340. The summed E-state index contributed by atoms with van der Waals surface area (Å²) < 4.78 is 65.7. The third kappa shape index (κ3) is 4.66. The number of nitrogens with two attached hydrogens (primary N) is 2. The number of hydrogen-bond donors (Lipinski definition) is 4. The van der Waals surface area contributed by atoms with Crippen LogP contribution in [0.5, 0.6) is 0 Å². The lowest BCUT2D eigenvalue weighted by molar-refractivity contribution is -0.0965. The maximum Gasteiger partial charge on any atom is 0.476 e. The number of phosphoric acid groups is 1. The van der Waals surface area contributed by atoms with Gasteiger partial charge in [-0.3, -0.25) is 13.6 Å². The van der Waals surface area contributed by atoms with E-state index in [2.05, 4.69) is 9.97 Å². The number of hydrogen-bond acceptors (Lipinski definition) is 11. The molecule has 206 valence electrons. The molecule has 0 spiro atoms. The van der Waals surface area contributed by atoms with Gasteiger partial charge in [-0.2, -0.15) is 9.97 Å². The zero-order chi connectivity index (χ0) is 27.6. The minimum Gasteiger partial charge on any atom is -0.387 e. The number of benzene rings is 1. The van der Waals surface area contributed by atoms with E-state index in [4.69, 9.17) is 29.8 Å². The van der Waals surface area contributed by atoms with Crippen LogP contribution in [0.25, 0.3) is 11.0 Å². The number of aliphatic hydroxyl groups is 2. The minimum atomic E-state index is -4.37. The van der Waals surface area contributed by atoms with Gasteiger partial charge in [0.2, 0.25) is 5.95 Å². The van der Waals surface area contributed by atoms with Crippen LogP contribution in [-0.2, 0) is 22.9 Å². The molecule has 4 heterocycles. The van der Waals surface area contributed by atoms with Gasteiger partial charge in [-0.15, -0.1) is 0 Å². The number of aliphatic hydroxyl groups excluding tert-OH is 1. The molecule has 0 amide bonds. The molecule has 2 fully saturated rings. The third-order valence-corrected chi connectivity index (χ3v) is 8.34. The molecule has 0 saturated carbocycles. The molecule has 2 unspecified atom stereocenters. The van der Waals surface area contributed by atoms with E-state index in [0.29, 0.717) is 5.39 Å². The summed E-state index contributed by atoms with van der Waals surface area (Å²) in [6, 6.07) is 5.21. The average Bonchev–Trinajstić information content (AvgIpc) is 3.31. The van der Waals surface area contributed by atoms with Gasteiger partial charge in [0.05, 0.1) is 17.6 Å². The predicted molar refractivity (Wildman–Crippen MR) is 130 cm³/mol. The van der Waals surface area contributed by atoms with Gasteiger partial charge in [0, 0.05) is 18.2 Å². The van der Waals surface area contributed by atoms with Crippen molar-refractivity contribution < 1.29 is 41.9 Å². The Bertz CT molecular complexity index is 1430. The molecule has 2 saturated heterocycles. The molecule has 2 aliphatic heterocycles. The first-order valence-electron chi connectivity index (χ1n) is 11.7. The fourth-order valence-electron chi connectivity index (χ4n) is 4.80. The van der Waals surface area contributed by atoms with Crippen molar-refractivity contribution >= 4 is 30.6 Å². The van der Waals surface area contributed by atoms with Crippen molar-refractivity contribution in [2.75, 3.05) is 18.1 Å². The van der Waals surface area contributed by atoms with E-state index in [1.165, 1.54) is 23.6 Å². The van der Waals surface area contributed by atoms with Crippen molar-refractivity contribution in [3.63, 3.8) is 0 Å². The Balaban J connectivity index is 1.37. The van der Waals surface area contributed by atoms with Crippen molar-refractivity contribution in [2.45, 2.75) is 62.9 Å². The number of anilines is 2. The Morgan fingerprint density at radius 2 is 1.97 bits per heavy atom. The smallest absolute Gasteiger partial charge is 0.387 e. The highest BCUT2D eigenvalue weighted by atomic mass is 31.2. The normalized spacial score (nSPS) is 33.1. The standard InChI is InChI=1S/C23H28F2N5O7P/c1-22(2)9-14(11-5-4-6-13(24)16(11)25)36-38(33,37-22)34-10-15-17(31)23(3,32)20(35-15)30-8-7-12-18(26)28-21(27)29-19(12)30/h4-8,14-15,17,20,31-32H,9-10H2,1-3H3,(H4,26,27,28,29)/t14?,15-,17-,20-,23-,38?/m1/s1. The van der Waals surface area contributed by atoms with Crippen molar-refractivity contribution in [3.05, 3.63) is 47.7 Å². The Kier molecular flexibility index (Phi) is 6.50. The summed E-state index contributed by atoms with van der Waals surface area (Å²) in [5, 5.41) is 22.5. The van der Waals surface area contributed by atoms with Crippen LogP contribution in [0, 0.1) is 11.6 Å². The number of rotatable bonds is 5. The molecule has 5 rings (SSSR count). The molecule has 2 aromatic heterocycles. The number of fused-ring (bicyclic) bond motifs is 1. The lowest BCUT2D eigenvalue weighted by Crippen LogP contribution is -2.44. The summed E-state index contributed by atoms with van der Waals surface area (Å²) in [5.41, 5.74) is 8.81. The van der Waals surface area contributed by atoms with Crippen LogP contribution in [0.4, 0.5) is 20.5 Å². The fourth-order valence-corrected chi connectivity index (χ4v) is 6.47. The molecule has 0 radical (unpaired) electrons. The zero-order valence-corrected chi connectivity index (χ0v) is 21.6. The summed E-state index contributed by atoms with van der Waals surface area (Å²) in [6.07, 6.45) is -3.40. The number of halogens is 2. The van der Waals surface area contributed by atoms with Gasteiger partial charge in [0.15, 0.2) is 17.9 Å². The average molecular weight is 555 g/mol. The van der Waals surface area contributed by atoms with Gasteiger partial charge in [-0.1, -0.05) is 12.1 Å². The number of aromatic nitrogens is 3. The van der Waals surface area contributed by atoms with Crippen LogP contribution < -0.4 is 11.5 Å². The lowest BCUT2D eigenvalue weighted by atomic mass is 9.96. The maximum atomic E-state index is 14.5. The molecule has 6 N–H and O–H groups in total. The van der Waals surface area contributed by atoms with E-state index in [1.807, 2.05) is 0 Å². The van der Waals surface area contributed by atoms with Gasteiger partial charge in [-0.25, -0.2) is 13.3 Å². The van der Waals surface area contributed by atoms with Gasteiger partial charge in [-0.05, 0) is 32.9 Å². The van der Waals surface area contributed by atoms with Crippen LogP contribution in [0.2, 0.25) is 0 Å². The van der Waals surface area contributed by atoms with Crippen LogP contribution in [-0.4, -0.2) is 54.8 Å². The van der Waals surface area contributed by atoms with Gasteiger partial charge >= 0.3 is 7.82 Å². The number of ether oxygens (including phenoxy) is 1. The van der Waals surface area contributed by atoms with Crippen LogP contribution in [0.15, 0.2) is 30.5 Å².